The van der Waals surface area contributed by atoms with Crippen molar-refractivity contribution in [3.63, 3.8) is 0 Å². The molecule has 12 heavy (non-hydrogen) atoms. The average molecular weight is 174 g/mol. The Kier molecular flexibility index (Phi) is 6.39. The maximum Gasteiger partial charge on any atom is 0.141 e. The SMILES string of the molecule is CCCCCCCC(C)([NH3+])C[NH3+]. The fraction of sp³-hybridized carbons (Fsp3) is 1.00. The zero-order valence-corrected chi connectivity index (χ0v) is 8.86. The normalized spacial score (nSPS) is 16.0. The van der Waals surface area contributed by atoms with E-state index in [9.17, 15) is 0 Å². The van der Waals surface area contributed by atoms with E-state index in [2.05, 4.69) is 25.3 Å². The molecule has 6 N–H and O–H groups in total. The van der Waals surface area contributed by atoms with Gasteiger partial charge in [0.2, 0.25) is 0 Å². The summed E-state index contributed by atoms with van der Waals surface area (Å²) in [7, 11) is 0. The molecule has 2 heteroatoms. The van der Waals surface area contributed by atoms with Gasteiger partial charge in [0.15, 0.2) is 0 Å². The van der Waals surface area contributed by atoms with Gasteiger partial charge in [-0.15, -0.1) is 0 Å². The first-order chi connectivity index (χ1) is 5.62. The van der Waals surface area contributed by atoms with Crippen molar-refractivity contribution >= 4 is 0 Å². The fourth-order valence-electron chi connectivity index (χ4n) is 1.28. The third kappa shape index (κ3) is 6.62. The topological polar surface area (TPSA) is 55.3 Å². The smallest absolute Gasteiger partial charge is 0.141 e. The summed E-state index contributed by atoms with van der Waals surface area (Å²) in [5, 5.41) is 0. The van der Waals surface area contributed by atoms with Crippen molar-refractivity contribution in [1.29, 1.82) is 0 Å². The van der Waals surface area contributed by atoms with Crippen molar-refractivity contribution in [2.75, 3.05) is 6.54 Å². The van der Waals surface area contributed by atoms with Crippen LogP contribution in [0.15, 0.2) is 0 Å². The molecule has 0 aliphatic heterocycles. The molecule has 0 amide bonds. The highest BCUT2D eigenvalue weighted by Crippen LogP contribution is 2.10. The summed E-state index contributed by atoms with van der Waals surface area (Å²) in [4.78, 5) is 0. The molecule has 0 fully saturated rings. The number of quaternary nitrogens is 2. The highest BCUT2D eigenvalue weighted by Gasteiger charge is 2.21. The van der Waals surface area contributed by atoms with Crippen LogP contribution in [0.5, 0.6) is 0 Å². The molecule has 1 atom stereocenters. The Bertz CT molecular complexity index is 100. The van der Waals surface area contributed by atoms with Crippen molar-refractivity contribution in [1.82, 2.24) is 0 Å². The molecule has 0 bridgehead atoms. The van der Waals surface area contributed by atoms with Gasteiger partial charge in [-0.05, 0) is 13.3 Å². The zero-order valence-electron chi connectivity index (χ0n) is 8.86. The van der Waals surface area contributed by atoms with Gasteiger partial charge in [-0.1, -0.05) is 32.6 Å². The quantitative estimate of drug-likeness (QED) is 0.531. The van der Waals surface area contributed by atoms with E-state index >= 15 is 0 Å². The van der Waals surface area contributed by atoms with Crippen LogP contribution < -0.4 is 11.5 Å². The predicted octanol–water partition coefficient (Wildman–Crippen LogP) is 0.589. The number of rotatable bonds is 7. The van der Waals surface area contributed by atoms with Gasteiger partial charge in [0, 0.05) is 6.42 Å². The molecule has 0 aliphatic rings. The standard InChI is InChI=1S/C10H24N2/c1-3-4-5-6-7-8-10(2,12)9-11/h3-9,11-12H2,1-2H3/p+2. The van der Waals surface area contributed by atoms with Crippen molar-refractivity contribution in [3.8, 4) is 0 Å². The Balaban J connectivity index is 3.19. The highest BCUT2D eigenvalue weighted by atomic mass is 14.8. The summed E-state index contributed by atoms with van der Waals surface area (Å²) >= 11 is 0. The maximum absolute atomic E-state index is 4.14. The largest absolute Gasteiger partial charge is 0.352 e. The van der Waals surface area contributed by atoms with E-state index in [1.165, 1.54) is 38.5 Å². The van der Waals surface area contributed by atoms with Crippen LogP contribution in [0.3, 0.4) is 0 Å². The molecule has 0 saturated carbocycles. The second kappa shape index (κ2) is 6.44. The minimum atomic E-state index is 0.228. The lowest BCUT2D eigenvalue weighted by atomic mass is 9.95. The van der Waals surface area contributed by atoms with E-state index < -0.39 is 0 Å². The van der Waals surface area contributed by atoms with E-state index in [0.717, 1.165) is 6.54 Å². The molecule has 2 nitrogen and oxygen atoms in total. The van der Waals surface area contributed by atoms with Gasteiger partial charge in [-0.2, -0.15) is 0 Å². The molecule has 0 aliphatic carbocycles. The first kappa shape index (κ1) is 11.9. The molecule has 0 aromatic heterocycles. The lowest BCUT2D eigenvalue weighted by molar-refractivity contribution is -0.536. The molecule has 0 heterocycles. The van der Waals surface area contributed by atoms with Gasteiger partial charge in [0.25, 0.3) is 0 Å². The van der Waals surface area contributed by atoms with Gasteiger partial charge >= 0.3 is 0 Å². The molecule has 0 radical (unpaired) electrons. The van der Waals surface area contributed by atoms with E-state index in [4.69, 9.17) is 0 Å². The van der Waals surface area contributed by atoms with Crippen molar-refractivity contribution in [2.45, 2.75) is 57.9 Å². The summed E-state index contributed by atoms with van der Waals surface area (Å²) in [6.07, 6.45) is 8.05. The number of hydrogen-bond acceptors (Lipinski definition) is 0. The maximum atomic E-state index is 4.14. The van der Waals surface area contributed by atoms with Gasteiger partial charge in [-0.25, -0.2) is 0 Å². The molecular formula is C10H26N2+2. The van der Waals surface area contributed by atoms with E-state index in [1.54, 1.807) is 0 Å². The van der Waals surface area contributed by atoms with Crippen LogP contribution >= 0.6 is 0 Å². The fourth-order valence-corrected chi connectivity index (χ4v) is 1.28. The van der Waals surface area contributed by atoms with Crippen molar-refractivity contribution in [3.05, 3.63) is 0 Å². The lowest BCUT2D eigenvalue weighted by Crippen LogP contribution is -2.80. The van der Waals surface area contributed by atoms with E-state index in [-0.39, 0.29) is 5.54 Å². The Labute approximate surface area is 76.7 Å². The Morgan fingerprint density at radius 1 is 1.08 bits per heavy atom. The van der Waals surface area contributed by atoms with Crippen LogP contribution in [0.25, 0.3) is 0 Å². The van der Waals surface area contributed by atoms with Crippen LogP contribution in [0, 0.1) is 0 Å². The molecule has 0 saturated heterocycles. The molecule has 0 aromatic carbocycles. The van der Waals surface area contributed by atoms with Crippen LogP contribution in [0.1, 0.15) is 52.4 Å². The van der Waals surface area contributed by atoms with E-state index in [1.807, 2.05) is 0 Å². The van der Waals surface area contributed by atoms with Gasteiger partial charge in [0.1, 0.15) is 12.1 Å². The average Bonchev–Trinajstić information content (AvgIpc) is 2.04. The molecule has 1 unspecified atom stereocenters. The minimum Gasteiger partial charge on any atom is -0.352 e. The van der Waals surface area contributed by atoms with Crippen molar-refractivity contribution in [2.24, 2.45) is 0 Å². The Hall–Kier alpha value is -0.0800. The summed E-state index contributed by atoms with van der Waals surface area (Å²) in [5.41, 5.74) is 8.28. The van der Waals surface area contributed by atoms with Gasteiger partial charge in [-0.3, -0.25) is 0 Å². The Morgan fingerprint density at radius 2 is 1.67 bits per heavy atom. The molecule has 74 valence electrons. The molecular weight excluding hydrogens is 148 g/mol. The third-order valence-electron chi connectivity index (χ3n) is 2.49. The minimum absolute atomic E-state index is 0.228. The second-order valence-corrected chi connectivity index (χ2v) is 4.22. The summed E-state index contributed by atoms with van der Waals surface area (Å²) in [6, 6.07) is 0. The van der Waals surface area contributed by atoms with Gasteiger partial charge in [0.05, 0.1) is 0 Å². The molecule has 0 spiro atoms. The van der Waals surface area contributed by atoms with Gasteiger partial charge < -0.3 is 11.5 Å². The summed E-state index contributed by atoms with van der Waals surface area (Å²) in [6.45, 7) is 5.42. The van der Waals surface area contributed by atoms with E-state index in [0.29, 0.717) is 0 Å². The predicted molar refractivity (Wildman–Crippen MR) is 52.4 cm³/mol. The van der Waals surface area contributed by atoms with Crippen LogP contribution in [-0.4, -0.2) is 12.1 Å². The Morgan fingerprint density at radius 3 is 2.17 bits per heavy atom. The van der Waals surface area contributed by atoms with Crippen molar-refractivity contribution < 1.29 is 11.5 Å². The molecule has 0 rings (SSSR count). The van der Waals surface area contributed by atoms with Crippen LogP contribution in [0.4, 0.5) is 0 Å². The zero-order chi connectivity index (χ0) is 9.45. The summed E-state index contributed by atoms with van der Waals surface area (Å²) in [5.74, 6) is 0. The first-order valence-corrected chi connectivity index (χ1v) is 5.27. The lowest BCUT2D eigenvalue weighted by Gasteiger charge is -2.15. The molecule has 0 aromatic rings. The highest BCUT2D eigenvalue weighted by molar-refractivity contribution is 4.67. The monoisotopic (exact) mass is 174 g/mol. The van der Waals surface area contributed by atoms with Crippen LogP contribution in [0.2, 0.25) is 0 Å². The summed E-state index contributed by atoms with van der Waals surface area (Å²) < 4.78 is 0. The third-order valence-corrected chi connectivity index (χ3v) is 2.49. The van der Waals surface area contributed by atoms with Crippen LogP contribution in [-0.2, 0) is 0 Å². The number of unbranched alkanes of at least 4 members (excludes halogenated alkanes) is 4. The number of hydrogen-bond donors (Lipinski definition) is 2. The second-order valence-electron chi connectivity index (χ2n) is 4.22. The first-order valence-electron chi connectivity index (χ1n) is 5.27.